The first-order valence-corrected chi connectivity index (χ1v) is 8.38. The zero-order valence-electron chi connectivity index (χ0n) is 13.5. The molecule has 1 aliphatic heterocycles. The Bertz CT molecular complexity index is 772. The van der Waals surface area contributed by atoms with E-state index in [1.165, 1.54) is 12.8 Å². The Kier molecular flexibility index (Phi) is 4.34. The Balaban J connectivity index is 1.43. The summed E-state index contributed by atoms with van der Waals surface area (Å²) in [6.07, 6.45) is 5.82. The fourth-order valence-electron chi connectivity index (χ4n) is 3.34. The molecule has 0 amide bonds. The van der Waals surface area contributed by atoms with Crippen LogP contribution in [0.15, 0.2) is 59.5 Å². The molecule has 0 saturated carbocycles. The van der Waals surface area contributed by atoms with Crippen LogP contribution in [0.3, 0.4) is 0 Å². The van der Waals surface area contributed by atoms with E-state index in [1.54, 1.807) is 6.33 Å². The van der Waals surface area contributed by atoms with E-state index < -0.39 is 0 Å². The average molecular weight is 320 g/mol. The van der Waals surface area contributed by atoms with Gasteiger partial charge in [-0.2, -0.15) is 0 Å². The van der Waals surface area contributed by atoms with Crippen molar-refractivity contribution in [3.8, 4) is 11.3 Å². The van der Waals surface area contributed by atoms with Gasteiger partial charge in [-0.15, -0.1) is 0 Å². The van der Waals surface area contributed by atoms with Gasteiger partial charge in [0.15, 0.2) is 5.76 Å². The van der Waals surface area contributed by atoms with Gasteiger partial charge in [0, 0.05) is 42.5 Å². The lowest BCUT2D eigenvalue weighted by Crippen LogP contribution is -2.34. The molecular formula is C19H20N4O. The number of aromatic nitrogens is 3. The summed E-state index contributed by atoms with van der Waals surface area (Å²) in [5.74, 6) is 1.30. The van der Waals surface area contributed by atoms with Crippen molar-refractivity contribution in [2.45, 2.75) is 25.3 Å². The lowest BCUT2D eigenvalue weighted by Gasteiger charge is -2.31. The molecule has 5 nitrogen and oxygen atoms in total. The van der Waals surface area contributed by atoms with Crippen LogP contribution in [-0.2, 0) is 6.54 Å². The topological polar surface area (TPSA) is 55.1 Å². The number of rotatable bonds is 4. The van der Waals surface area contributed by atoms with Gasteiger partial charge in [-0.25, -0.2) is 9.97 Å². The summed E-state index contributed by atoms with van der Waals surface area (Å²) in [7, 11) is 0. The molecule has 0 spiro atoms. The second-order valence-corrected chi connectivity index (χ2v) is 6.26. The van der Waals surface area contributed by atoms with Crippen LogP contribution in [0.4, 0.5) is 0 Å². The van der Waals surface area contributed by atoms with Gasteiger partial charge in [-0.3, -0.25) is 4.90 Å². The van der Waals surface area contributed by atoms with E-state index in [9.17, 15) is 0 Å². The molecule has 2 aromatic heterocycles. The second-order valence-electron chi connectivity index (χ2n) is 6.26. The van der Waals surface area contributed by atoms with Gasteiger partial charge in [0.25, 0.3) is 0 Å². The smallest absolute Gasteiger partial charge is 0.167 e. The van der Waals surface area contributed by atoms with Crippen LogP contribution in [-0.4, -0.2) is 33.1 Å². The summed E-state index contributed by atoms with van der Waals surface area (Å²) in [6.45, 7) is 2.91. The zero-order chi connectivity index (χ0) is 16.2. The minimum absolute atomic E-state index is 0.474. The Labute approximate surface area is 141 Å². The van der Waals surface area contributed by atoms with Crippen molar-refractivity contribution in [1.29, 1.82) is 0 Å². The molecule has 5 heteroatoms. The van der Waals surface area contributed by atoms with Crippen LogP contribution >= 0.6 is 0 Å². The van der Waals surface area contributed by atoms with Gasteiger partial charge in [0.05, 0.1) is 5.69 Å². The van der Waals surface area contributed by atoms with Crippen LogP contribution < -0.4 is 0 Å². The first kappa shape index (κ1) is 15.0. The maximum atomic E-state index is 5.51. The molecule has 0 radical (unpaired) electrons. The third kappa shape index (κ3) is 3.36. The molecule has 1 aliphatic rings. The maximum absolute atomic E-state index is 5.51. The lowest BCUT2D eigenvalue weighted by molar-refractivity contribution is 0.193. The highest BCUT2D eigenvalue weighted by Gasteiger charge is 2.23. The molecule has 4 rings (SSSR count). The largest absolute Gasteiger partial charge is 0.356 e. The van der Waals surface area contributed by atoms with E-state index in [-0.39, 0.29) is 0 Å². The molecule has 1 unspecified atom stereocenters. The van der Waals surface area contributed by atoms with Crippen LogP contribution in [0.1, 0.15) is 30.1 Å². The van der Waals surface area contributed by atoms with Gasteiger partial charge in [0.1, 0.15) is 6.33 Å². The molecule has 3 aromatic rings. The Morgan fingerprint density at radius 1 is 1.17 bits per heavy atom. The molecule has 1 saturated heterocycles. The molecule has 1 aromatic carbocycles. The van der Waals surface area contributed by atoms with E-state index in [0.717, 1.165) is 42.3 Å². The van der Waals surface area contributed by atoms with Crippen molar-refractivity contribution in [1.82, 2.24) is 20.0 Å². The fourth-order valence-corrected chi connectivity index (χ4v) is 3.34. The van der Waals surface area contributed by atoms with E-state index in [4.69, 9.17) is 4.52 Å². The molecule has 0 bridgehead atoms. The van der Waals surface area contributed by atoms with Crippen molar-refractivity contribution in [2.24, 2.45) is 0 Å². The molecule has 1 fully saturated rings. The van der Waals surface area contributed by atoms with Crippen molar-refractivity contribution >= 4 is 0 Å². The van der Waals surface area contributed by atoms with E-state index >= 15 is 0 Å². The molecule has 0 N–H and O–H groups in total. The Hall–Kier alpha value is -2.53. The molecule has 3 heterocycles. The molecule has 0 aliphatic carbocycles. The van der Waals surface area contributed by atoms with Gasteiger partial charge in [-0.05, 0) is 25.5 Å². The van der Waals surface area contributed by atoms with Crippen LogP contribution in [0.2, 0.25) is 0 Å². The third-order valence-corrected chi connectivity index (χ3v) is 4.53. The number of hydrogen-bond donors (Lipinski definition) is 0. The second kappa shape index (κ2) is 6.93. The standard InChI is InChI=1S/C19H20N4O/c1-2-5-15(6-3-1)19-11-17(22-24-19)13-23-10-4-7-16(12-23)18-8-9-20-14-21-18/h1-3,5-6,8-9,11,14,16H,4,7,10,12-13H2. The predicted octanol–water partition coefficient (Wildman–Crippen LogP) is 3.51. The first-order valence-electron chi connectivity index (χ1n) is 8.38. The minimum atomic E-state index is 0.474. The van der Waals surface area contributed by atoms with Gasteiger partial charge in [-0.1, -0.05) is 35.5 Å². The van der Waals surface area contributed by atoms with Crippen molar-refractivity contribution in [3.05, 3.63) is 66.4 Å². The van der Waals surface area contributed by atoms with Gasteiger partial charge < -0.3 is 4.52 Å². The summed E-state index contributed by atoms with van der Waals surface area (Å²) >= 11 is 0. The highest BCUT2D eigenvalue weighted by molar-refractivity contribution is 5.56. The highest BCUT2D eigenvalue weighted by Crippen LogP contribution is 2.27. The van der Waals surface area contributed by atoms with E-state index in [0.29, 0.717) is 5.92 Å². The SMILES string of the molecule is c1ccc(-c2cc(CN3CCCC(c4ccncn4)C3)no2)cc1. The van der Waals surface area contributed by atoms with Crippen molar-refractivity contribution < 1.29 is 4.52 Å². The zero-order valence-corrected chi connectivity index (χ0v) is 13.5. The summed E-state index contributed by atoms with van der Waals surface area (Å²) in [5.41, 5.74) is 3.19. The molecule has 1 atom stereocenters. The predicted molar refractivity (Wildman–Crippen MR) is 91.2 cm³/mol. The number of likely N-dealkylation sites (tertiary alicyclic amines) is 1. The molecule has 122 valence electrons. The summed E-state index contributed by atoms with van der Waals surface area (Å²) in [4.78, 5) is 10.9. The third-order valence-electron chi connectivity index (χ3n) is 4.53. The summed E-state index contributed by atoms with van der Waals surface area (Å²) in [6, 6.07) is 14.2. The van der Waals surface area contributed by atoms with Crippen molar-refractivity contribution in [2.75, 3.05) is 13.1 Å². The Morgan fingerprint density at radius 2 is 2.08 bits per heavy atom. The number of benzene rings is 1. The van der Waals surface area contributed by atoms with E-state index in [2.05, 4.69) is 20.0 Å². The highest BCUT2D eigenvalue weighted by atomic mass is 16.5. The summed E-state index contributed by atoms with van der Waals surface area (Å²) < 4.78 is 5.51. The summed E-state index contributed by atoms with van der Waals surface area (Å²) in [5, 5.41) is 4.24. The van der Waals surface area contributed by atoms with Crippen LogP contribution in [0.5, 0.6) is 0 Å². The number of nitrogens with zero attached hydrogens (tertiary/aromatic N) is 4. The minimum Gasteiger partial charge on any atom is -0.356 e. The molecular weight excluding hydrogens is 300 g/mol. The quantitative estimate of drug-likeness (QED) is 0.736. The lowest BCUT2D eigenvalue weighted by atomic mass is 9.94. The fraction of sp³-hybridized carbons (Fsp3) is 0.316. The normalized spacial score (nSPS) is 18.6. The Morgan fingerprint density at radius 3 is 2.92 bits per heavy atom. The average Bonchev–Trinajstić information content (AvgIpc) is 3.12. The van der Waals surface area contributed by atoms with E-state index in [1.807, 2.05) is 48.7 Å². The number of hydrogen-bond acceptors (Lipinski definition) is 5. The monoisotopic (exact) mass is 320 g/mol. The van der Waals surface area contributed by atoms with Crippen LogP contribution in [0, 0.1) is 0 Å². The molecule has 24 heavy (non-hydrogen) atoms. The van der Waals surface area contributed by atoms with Crippen molar-refractivity contribution in [3.63, 3.8) is 0 Å². The van der Waals surface area contributed by atoms with Gasteiger partial charge in [0.2, 0.25) is 0 Å². The number of piperidine rings is 1. The van der Waals surface area contributed by atoms with Crippen LogP contribution in [0.25, 0.3) is 11.3 Å². The first-order chi connectivity index (χ1) is 11.9. The maximum Gasteiger partial charge on any atom is 0.167 e. The van der Waals surface area contributed by atoms with Gasteiger partial charge >= 0.3 is 0 Å².